The van der Waals surface area contributed by atoms with E-state index in [-0.39, 0.29) is 30.9 Å². The van der Waals surface area contributed by atoms with Gasteiger partial charge in [0.2, 0.25) is 12.6 Å². The zero-order chi connectivity index (χ0) is 31.2. The van der Waals surface area contributed by atoms with Gasteiger partial charge in [-0.25, -0.2) is 4.79 Å². The first-order valence-electron chi connectivity index (χ1n) is 14.3. The number of esters is 2. The highest BCUT2D eigenvalue weighted by molar-refractivity contribution is 8.00. The lowest BCUT2D eigenvalue weighted by Crippen LogP contribution is -2.69. The van der Waals surface area contributed by atoms with Crippen LogP contribution in [0.15, 0.2) is 6.07 Å². The Labute approximate surface area is 257 Å². The van der Waals surface area contributed by atoms with Crippen LogP contribution in [0.3, 0.4) is 0 Å². The van der Waals surface area contributed by atoms with Crippen LogP contribution in [0.1, 0.15) is 57.6 Å². The molecule has 12 nitrogen and oxygen atoms in total. The topological polar surface area (TPSA) is 148 Å². The molecule has 2 unspecified atom stereocenters. The summed E-state index contributed by atoms with van der Waals surface area (Å²) < 4.78 is 29.0. The van der Waals surface area contributed by atoms with Crippen LogP contribution in [0.2, 0.25) is 0 Å². The quantitative estimate of drug-likeness (QED) is 0.298. The van der Waals surface area contributed by atoms with E-state index in [0.717, 1.165) is 11.1 Å². The van der Waals surface area contributed by atoms with Crippen LogP contribution in [-0.2, 0) is 25.5 Å². The molecule has 5 aliphatic heterocycles. The number of fused-ring (bicyclic) bond motifs is 9. The number of phenols is 1. The largest absolute Gasteiger partial charge is 0.504 e. The molecule has 0 saturated carbocycles. The fourth-order valence-electron chi connectivity index (χ4n) is 7.90. The van der Waals surface area contributed by atoms with Crippen molar-refractivity contribution in [3.8, 4) is 34.8 Å². The van der Waals surface area contributed by atoms with E-state index in [1.807, 2.05) is 20.0 Å². The van der Waals surface area contributed by atoms with Crippen LogP contribution in [0, 0.1) is 25.2 Å². The van der Waals surface area contributed by atoms with E-state index in [0.29, 0.717) is 51.7 Å². The van der Waals surface area contributed by atoms with E-state index in [2.05, 4.69) is 15.9 Å². The first-order valence-corrected chi connectivity index (χ1v) is 15.4. The van der Waals surface area contributed by atoms with E-state index in [4.69, 9.17) is 23.7 Å². The van der Waals surface area contributed by atoms with Gasteiger partial charge in [0.05, 0.1) is 36.3 Å². The van der Waals surface area contributed by atoms with Gasteiger partial charge in [-0.15, -0.1) is 11.8 Å². The molecule has 0 radical (unpaired) electrons. The number of aromatic hydroxyl groups is 1. The number of methoxy groups -OCH3 is 1. The lowest BCUT2D eigenvalue weighted by Gasteiger charge is -2.61. The molecule has 0 amide bonds. The normalized spacial score (nSPS) is 28.7. The number of cyclic esters (lactones) is 1. The van der Waals surface area contributed by atoms with Gasteiger partial charge in [-0.1, -0.05) is 6.07 Å². The number of nitrogens with zero attached hydrogens (tertiary/aromatic N) is 3. The number of rotatable bonds is 2. The molecule has 2 aromatic rings. The number of carbonyl (C=O) groups is 3. The molecule has 4 bridgehead atoms. The minimum Gasteiger partial charge on any atom is -0.504 e. The minimum absolute atomic E-state index is 0.0240. The first-order chi connectivity index (χ1) is 21.1. The monoisotopic (exact) mass is 621 g/mol. The highest BCUT2D eigenvalue weighted by atomic mass is 32.2. The number of aryl methyl sites for hydroxylation is 1. The van der Waals surface area contributed by atoms with E-state index in [1.54, 1.807) is 6.92 Å². The second-order valence-corrected chi connectivity index (χ2v) is 12.9. The number of likely N-dealkylation sites (N-methyl/N-ethyl adjacent to an activating group) is 1. The van der Waals surface area contributed by atoms with Crippen LogP contribution >= 0.6 is 11.8 Å². The number of ether oxygens (including phenoxy) is 5. The second kappa shape index (κ2) is 10.3. The summed E-state index contributed by atoms with van der Waals surface area (Å²) in [7, 11) is 3.45. The number of hydrogen-bond donors (Lipinski definition) is 1. The summed E-state index contributed by atoms with van der Waals surface area (Å²) in [5.74, 6) is -0.855. The van der Waals surface area contributed by atoms with Crippen molar-refractivity contribution in [2.45, 2.75) is 62.7 Å². The number of nitriles is 1. The molecule has 1 N–H and O–H groups in total. The molecular weight excluding hydrogens is 590 g/mol. The summed E-state index contributed by atoms with van der Waals surface area (Å²) in [4.78, 5) is 42.3. The molecule has 5 heterocycles. The van der Waals surface area contributed by atoms with Crippen LogP contribution in [-0.4, -0.2) is 84.1 Å². The summed E-state index contributed by atoms with van der Waals surface area (Å²) >= 11 is 1.22. The van der Waals surface area contributed by atoms with Crippen LogP contribution in [0.25, 0.3) is 0 Å². The van der Waals surface area contributed by atoms with E-state index in [1.165, 1.54) is 25.8 Å². The Morgan fingerprint density at radius 2 is 1.89 bits per heavy atom. The Bertz CT molecular complexity index is 1690. The maximum Gasteiger partial charge on any atom is 0.375 e. The van der Waals surface area contributed by atoms with Gasteiger partial charge < -0.3 is 28.8 Å². The zero-order valence-corrected chi connectivity index (χ0v) is 25.6. The molecule has 6 atom stereocenters. The second-order valence-electron chi connectivity index (χ2n) is 11.8. The Balaban J connectivity index is 1.57. The molecule has 2 saturated heterocycles. The summed E-state index contributed by atoms with van der Waals surface area (Å²) in [6.07, 6.45) is 0.488. The number of Topliss-reactive ketones (excluding diaryl/α,β-unsaturated/α-hetero) is 1. The fourth-order valence-corrected chi connectivity index (χ4v) is 9.23. The smallest absolute Gasteiger partial charge is 0.375 e. The Hall–Kier alpha value is -3.99. The van der Waals surface area contributed by atoms with Crippen molar-refractivity contribution in [3.05, 3.63) is 39.4 Å². The predicted octanol–water partition coefficient (Wildman–Crippen LogP) is 2.80. The summed E-state index contributed by atoms with van der Waals surface area (Å²) in [5, 5.41) is 21.9. The Morgan fingerprint density at radius 1 is 1.14 bits per heavy atom. The maximum absolute atomic E-state index is 12.9. The van der Waals surface area contributed by atoms with Crippen molar-refractivity contribution in [1.82, 2.24) is 9.80 Å². The lowest BCUT2D eigenvalue weighted by molar-refractivity contribution is -0.157. The maximum atomic E-state index is 12.9. The number of hydrogen-bond acceptors (Lipinski definition) is 13. The van der Waals surface area contributed by atoms with E-state index in [9.17, 15) is 24.8 Å². The molecule has 5 aliphatic rings. The fraction of sp³-hybridized carbons (Fsp3) is 0.484. The van der Waals surface area contributed by atoms with Crippen molar-refractivity contribution < 1.29 is 43.2 Å². The average molecular weight is 622 g/mol. The zero-order valence-electron chi connectivity index (χ0n) is 24.8. The third-order valence-corrected chi connectivity index (χ3v) is 10.8. The van der Waals surface area contributed by atoms with Gasteiger partial charge in [-0.2, -0.15) is 5.26 Å². The third kappa shape index (κ3) is 3.87. The summed E-state index contributed by atoms with van der Waals surface area (Å²) in [6, 6.07) is 1.81. The van der Waals surface area contributed by atoms with Crippen LogP contribution in [0.5, 0.6) is 28.7 Å². The highest BCUT2D eigenvalue weighted by Crippen LogP contribution is 2.63. The van der Waals surface area contributed by atoms with Gasteiger partial charge in [0.25, 0.3) is 0 Å². The molecular formula is C31H31N3O9S. The van der Waals surface area contributed by atoms with Gasteiger partial charge in [-0.3, -0.25) is 19.4 Å². The number of benzene rings is 2. The lowest BCUT2D eigenvalue weighted by atomic mass is 9.71. The summed E-state index contributed by atoms with van der Waals surface area (Å²) in [5.41, 5.74) is 4.16. The van der Waals surface area contributed by atoms with E-state index < -0.39 is 47.1 Å². The number of thioether (sulfide) groups is 1. The molecule has 0 aliphatic carbocycles. The molecule has 2 aromatic carbocycles. The molecule has 7 rings (SSSR count). The van der Waals surface area contributed by atoms with Gasteiger partial charge >= 0.3 is 11.9 Å². The Morgan fingerprint density at radius 3 is 2.59 bits per heavy atom. The number of ketones is 1. The van der Waals surface area contributed by atoms with Gasteiger partial charge in [0.1, 0.15) is 18.4 Å². The molecule has 13 heteroatoms. The molecule has 44 heavy (non-hydrogen) atoms. The SMILES string of the molecule is COc1c(C)cc2c(c1O)C1C3[C@@H]4SCC(=O)C(=O)OC[C@@H](c5c6c(c(C)c(OC(C)=O)c54)OCO6)N3[C@@H](C#N)[C@@H](C2)N1C. The number of phenolic OH excluding ortho intramolecular Hbond substituents is 1. The van der Waals surface area contributed by atoms with Crippen molar-refractivity contribution in [2.75, 3.05) is 33.3 Å². The number of piperazine rings is 1. The third-order valence-electron chi connectivity index (χ3n) is 9.54. The standard InChI is InChI=1S/C31H31N3O9S/c1-12-6-15-7-16-17(8-32)34-18-9-40-31(38)19(36)10-44-30(24(34)23(33(16)4)20(15)25(37)26(12)39-5)22-21(18)29-28(41-11-42-29)13(2)27(22)43-14(3)35/h6,16-18,23-24,30,37H,7,9-11H2,1-5H3/t16-,17+,18+,23?,24?,30-/m1/s1. The molecule has 0 spiro atoms. The minimum atomic E-state index is -0.949. The van der Waals surface area contributed by atoms with Crippen molar-refractivity contribution >= 4 is 29.5 Å². The van der Waals surface area contributed by atoms with Crippen LogP contribution < -0.4 is 18.9 Å². The summed E-state index contributed by atoms with van der Waals surface area (Å²) in [6.45, 7) is 4.65. The average Bonchev–Trinajstić information content (AvgIpc) is 3.47. The van der Waals surface area contributed by atoms with Crippen LogP contribution in [0.4, 0.5) is 0 Å². The number of carbonyl (C=O) groups excluding carboxylic acids is 3. The Kier molecular flexibility index (Phi) is 6.73. The van der Waals surface area contributed by atoms with Crippen molar-refractivity contribution in [1.29, 1.82) is 5.26 Å². The molecule has 0 aromatic heterocycles. The highest BCUT2D eigenvalue weighted by Gasteiger charge is 2.60. The predicted molar refractivity (Wildman–Crippen MR) is 155 cm³/mol. The first kappa shape index (κ1) is 28.8. The van der Waals surface area contributed by atoms with Crippen molar-refractivity contribution in [3.63, 3.8) is 0 Å². The van der Waals surface area contributed by atoms with Crippen molar-refractivity contribution in [2.24, 2.45) is 0 Å². The van der Waals surface area contributed by atoms with Gasteiger partial charge in [0, 0.05) is 41.3 Å². The molecule has 2 fully saturated rings. The van der Waals surface area contributed by atoms with E-state index >= 15 is 0 Å². The van der Waals surface area contributed by atoms with Gasteiger partial charge in [-0.05, 0) is 38.4 Å². The molecule has 230 valence electrons. The van der Waals surface area contributed by atoms with Gasteiger partial charge in [0.15, 0.2) is 23.0 Å².